The van der Waals surface area contributed by atoms with E-state index >= 15 is 0 Å². The van der Waals surface area contributed by atoms with E-state index in [0.717, 1.165) is 5.75 Å². The van der Waals surface area contributed by atoms with Crippen molar-refractivity contribution in [1.29, 1.82) is 0 Å². The summed E-state index contributed by atoms with van der Waals surface area (Å²) in [7, 11) is -3.19. The largest absolute Gasteiger partial charge is 0.494 e. The predicted molar refractivity (Wildman–Crippen MR) is 89.1 cm³/mol. The molecule has 0 saturated carbocycles. The number of nitrogens with zero attached hydrogens (tertiary/aromatic N) is 1. The Morgan fingerprint density at radius 2 is 1.83 bits per heavy atom. The van der Waals surface area contributed by atoms with Crippen LogP contribution in [0.15, 0.2) is 24.3 Å². The normalized spacial score (nSPS) is 16.3. The van der Waals surface area contributed by atoms with Crippen molar-refractivity contribution in [2.45, 2.75) is 32.7 Å². The fourth-order valence-electron chi connectivity index (χ4n) is 2.58. The van der Waals surface area contributed by atoms with Crippen molar-refractivity contribution in [2.75, 3.05) is 25.4 Å². The molecule has 1 saturated heterocycles. The molecule has 1 N–H and O–H groups in total. The first-order valence-electron chi connectivity index (χ1n) is 7.97. The van der Waals surface area contributed by atoms with E-state index < -0.39 is 10.0 Å². The number of rotatable bonds is 6. The number of ether oxygens (including phenoxy) is 1. The number of carbonyl (C=O) groups excluding carboxylic acids is 1. The van der Waals surface area contributed by atoms with Gasteiger partial charge in [0.1, 0.15) is 5.75 Å². The van der Waals surface area contributed by atoms with Crippen molar-refractivity contribution in [3.8, 4) is 5.75 Å². The molecule has 0 unspecified atom stereocenters. The first-order chi connectivity index (χ1) is 10.9. The van der Waals surface area contributed by atoms with Gasteiger partial charge in [0.2, 0.25) is 10.0 Å². The van der Waals surface area contributed by atoms with Crippen molar-refractivity contribution >= 4 is 15.9 Å². The summed E-state index contributed by atoms with van der Waals surface area (Å²) in [6.07, 6.45) is 1.28. The van der Waals surface area contributed by atoms with Gasteiger partial charge in [-0.25, -0.2) is 13.1 Å². The lowest BCUT2D eigenvalue weighted by Crippen LogP contribution is -2.46. The molecule has 7 heteroatoms. The van der Waals surface area contributed by atoms with E-state index in [1.54, 1.807) is 36.1 Å². The standard InChI is InChI=1S/C16H24N2O4S/c1-3-22-15-7-5-13(6-8-15)16(19)18-11-9-14(10-12-18)17-23(20,21)4-2/h5-8,14,17H,3-4,9-12H2,1-2H3. The second kappa shape index (κ2) is 7.79. The fourth-order valence-corrected chi connectivity index (χ4v) is 3.49. The van der Waals surface area contributed by atoms with Crippen LogP contribution in [0.1, 0.15) is 37.0 Å². The second-order valence-corrected chi connectivity index (χ2v) is 7.59. The molecule has 1 heterocycles. The highest BCUT2D eigenvalue weighted by Crippen LogP contribution is 2.17. The minimum absolute atomic E-state index is 0.0233. The molecule has 0 aliphatic carbocycles. The summed E-state index contributed by atoms with van der Waals surface area (Å²) in [6, 6.07) is 7.03. The molecule has 6 nitrogen and oxygen atoms in total. The van der Waals surface area contributed by atoms with Gasteiger partial charge in [0.25, 0.3) is 5.91 Å². The van der Waals surface area contributed by atoms with Crippen LogP contribution in [0.5, 0.6) is 5.75 Å². The zero-order chi connectivity index (χ0) is 16.9. The maximum Gasteiger partial charge on any atom is 0.253 e. The Morgan fingerprint density at radius 3 is 2.35 bits per heavy atom. The summed E-state index contributed by atoms with van der Waals surface area (Å²) >= 11 is 0. The zero-order valence-electron chi connectivity index (χ0n) is 13.6. The molecule has 0 atom stereocenters. The summed E-state index contributed by atoms with van der Waals surface area (Å²) in [6.45, 7) is 5.24. The Kier molecular flexibility index (Phi) is 6.01. The van der Waals surface area contributed by atoms with Crippen LogP contribution in [0.2, 0.25) is 0 Å². The third-order valence-electron chi connectivity index (χ3n) is 3.92. The molecule has 1 aromatic rings. The van der Waals surface area contributed by atoms with Gasteiger partial charge in [-0.15, -0.1) is 0 Å². The smallest absolute Gasteiger partial charge is 0.253 e. The third kappa shape index (κ3) is 4.94. The quantitative estimate of drug-likeness (QED) is 0.854. The lowest BCUT2D eigenvalue weighted by atomic mass is 10.0. The van der Waals surface area contributed by atoms with E-state index in [9.17, 15) is 13.2 Å². The number of likely N-dealkylation sites (tertiary alicyclic amines) is 1. The van der Waals surface area contributed by atoms with E-state index in [0.29, 0.717) is 38.1 Å². The molecule has 1 fully saturated rings. The highest BCUT2D eigenvalue weighted by molar-refractivity contribution is 7.89. The number of hydrogen-bond acceptors (Lipinski definition) is 4. The molecule has 23 heavy (non-hydrogen) atoms. The number of hydrogen-bond donors (Lipinski definition) is 1. The first kappa shape index (κ1) is 17.7. The van der Waals surface area contributed by atoms with Crippen molar-refractivity contribution in [3.05, 3.63) is 29.8 Å². The topological polar surface area (TPSA) is 75.7 Å². The van der Waals surface area contributed by atoms with E-state index in [-0.39, 0.29) is 17.7 Å². The van der Waals surface area contributed by atoms with E-state index in [1.807, 2.05) is 6.92 Å². The van der Waals surface area contributed by atoms with Gasteiger partial charge in [0, 0.05) is 24.7 Å². The van der Waals surface area contributed by atoms with Crippen molar-refractivity contribution in [2.24, 2.45) is 0 Å². The van der Waals surface area contributed by atoms with Crippen molar-refractivity contribution in [3.63, 3.8) is 0 Å². The number of piperidine rings is 1. The molecule has 0 bridgehead atoms. The van der Waals surface area contributed by atoms with Crippen LogP contribution in [-0.4, -0.2) is 50.7 Å². The molecular formula is C16H24N2O4S. The summed E-state index contributed by atoms with van der Waals surface area (Å²) in [5.41, 5.74) is 0.626. The number of amides is 1. The predicted octanol–water partition coefficient (Wildman–Crippen LogP) is 1.63. The average Bonchev–Trinajstić information content (AvgIpc) is 2.56. The number of benzene rings is 1. The molecule has 1 aliphatic heterocycles. The Labute approximate surface area is 137 Å². The number of nitrogens with one attached hydrogen (secondary N) is 1. The summed E-state index contributed by atoms with van der Waals surface area (Å²) in [5, 5.41) is 0. The highest BCUT2D eigenvalue weighted by atomic mass is 32.2. The Balaban J connectivity index is 1.90. The second-order valence-electron chi connectivity index (χ2n) is 5.55. The third-order valence-corrected chi connectivity index (χ3v) is 5.37. The molecule has 0 radical (unpaired) electrons. The minimum Gasteiger partial charge on any atom is -0.494 e. The fraction of sp³-hybridized carbons (Fsp3) is 0.562. The van der Waals surface area contributed by atoms with Crippen LogP contribution in [0.4, 0.5) is 0 Å². The van der Waals surface area contributed by atoms with Crippen LogP contribution in [0.3, 0.4) is 0 Å². The molecule has 2 rings (SSSR count). The van der Waals surface area contributed by atoms with Crippen LogP contribution >= 0.6 is 0 Å². The lowest BCUT2D eigenvalue weighted by Gasteiger charge is -2.32. The summed E-state index contributed by atoms with van der Waals surface area (Å²) < 4.78 is 31.2. The van der Waals surface area contributed by atoms with Gasteiger partial charge in [-0.2, -0.15) is 0 Å². The van der Waals surface area contributed by atoms with E-state index in [4.69, 9.17) is 4.74 Å². The molecule has 1 aliphatic rings. The molecule has 0 aromatic heterocycles. The van der Waals surface area contributed by atoms with Gasteiger partial charge in [-0.1, -0.05) is 0 Å². The molecule has 128 valence electrons. The molecular weight excluding hydrogens is 316 g/mol. The summed E-state index contributed by atoms with van der Waals surface area (Å²) in [4.78, 5) is 14.2. The van der Waals surface area contributed by atoms with Crippen LogP contribution in [0, 0.1) is 0 Å². The van der Waals surface area contributed by atoms with Crippen LogP contribution in [-0.2, 0) is 10.0 Å². The first-order valence-corrected chi connectivity index (χ1v) is 9.62. The molecule has 0 spiro atoms. The summed E-state index contributed by atoms with van der Waals surface area (Å²) in [5.74, 6) is 0.805. The van der Waals surface area contributed by atoms with Crippen molar-refractivity contribution < 1.29 is 17.9 Å². The molecule has 1 amide bonds. The maximum atomic E-state index is 12.5. The van der Waals surface area contributed by atoms with Gasteiger partial charge in [-0.3, -0.25) is 4.79 Å². The average molecular weight is 340 g/mol. The number of sulfonamides is 1. The number of carbonyl (C=O) groups is 1. The van der Waals surface area contributed by atoms with Gasteiger partial charge >= 0.3 is 0 Å². The SMILES string of the molecule is CCOc1ccc(C(=O)N2CCC(NS(=O)(=O)CC)CC2)cc1. The van der Waals surface area contributed by atoms with Crippen LogP contribution < -0.4 is 9.46 Å². The van der Waals surface area contributed by atoms with Gasteiger partial charge in [-0.05, 0) is 51.0 Å². The van der Waals surface area contributed by atoms with E-state index in [1.165, 1.54) is 0 Å². The van der Waals surface area contributed by atoms with Gasteiger partial charge < -0.3 is 9.64 Å². The zero-order valence-corrected chi connectivity index (χ0v) is 14.4. The van der Waals surface area contributed by atoms with Crippen LogP contribution in [0.25, 0.3) is 0 Å². The Hall–Kier alpha value is -1.60. The molecule has 1 aromatic carbocycles. The lowest BCUT2D eigenvalue weighted by molar-refractivity contribution is 0.0711. The minimum atomic E-state index is -3.19. The highest BCUT2D eigenvalue weighted by Gasteiger charge is 2.25. The Morgan fingerprint density at radius 1 is 1.22 bits per heavy atom. The maximum absolute atomic E-state index is 12.5. The van der Waals surface area contributed by atoms with Gasteiger partial charge in [0.15, 0.2) is 0 Å². The Bertz CT molecular complexity index is 620. The monoisotopic (exact) mass is 340 g/mol. The van der Waals surface area contributed by atoms with Gasteiger partial charge in [0.05, 0.1) is 12.4 Å². The van der Waals surface area contributed by atoms with E-state index in [2.05, 4.69) is 4.72 Å². The van der Waals surface area contributed by atoms with Crippen molar-refractivity contribution in [1.82, 2.24) is 9.62 Å².